The number of benzene rings is 1. The summed E-state index contributed by atoms with van der Waals surface area (Å²) in [5.74, 6) is 0. The van der Waals surface area contributed by atoms with Gasteiger partial charge in [-0.2, -0.15) is 0 Å². The highest BCUT2D eigenvalue weighted by atomic mass is 14.3. The Morgan fingerprint density at radius 3 is 2.14 bits per heavy atom. The lowest BCUT2D eigenvalue weighted by Gasteiger charge is -2.34. The fourth-order valence-corrected chi connectivity index (χ4v) is 4.90. The highest BCUT2D eigenvalue weighted by molar-refractivity contribution is 5.45. The minimum absolute atomic E-state index is 0.134. The molecule has 0 spiro atoms. The van der Waals surface area contributed by atoms with Crippen molar-refractivity contribution >= 4 is 0 Å². The summed E-state index contributed by atoms with van der Waals surface area (Å²) in [5.41, 5.74) is 5.00. The van der Waals surface area contributed by atoms with E-state index in [9.17, 15) is 0 Å². The van der Waals surface area contributed by atoms with Crippen LogP contribution < -0.4 is 0 Å². The van der Waals surface area contributed by atoms with Crippen molar-refractivity contribution in [3.8, 4) is 0 Å². The Kier molecular flexibility index (Phi) is 11.4. The molecule has 0 nitrogen and oxygen atoms in total. The van der Waals surface area contributed by atoms with E-state index in [0.717, 1.165) is 0 Å². The molecule has 1 unspecified atom stereocenters. The van der Waals surface area contributed by atoms with Crippen LogP contribution in [0.3, 0.4) is 0 Å². The molecule has 1 aromatic rings. The van der Waals surface area contributed by atoms with E-state index in [0.29, 0.717) is 0 Å². The summed E-state index contributed by atoms with van der Waals surface area (Å²) in [6.45, 7) is 6.92. The molecule has 0 fully saturated rings. The van der Waals surface area contributed by atoms with Crippen LogP contribution in [0.5, 0.6) is 0 Å². The minimum Gasteiger partial charge on any atom is -0.0833 e. The Labute approximate surface area is 181 Å². The number of aryl methyl sites for hydroxylation is 1. The molecule has 0 saturated heterocycles. The molecule has 1 aliphatic carbocycles. The van der Waals surface area contributed by atoms with Gasteiger partial charge in [0.2, 0.25) is 0 Å². The largest absolute Gasteiger partial charge is 0.0833 e. The predicted octanol–water partition coefficient (Wildman–Crippen LogP) is 9.48. The Morgan fingerprint density at radius 2 is 1.38 bits per heavy atom. The highest BCUT2D eigenvalue weighted by Gasteiger charge is 2.30. The summed E-state index contributed by atoms with van der Waals surface area (Å²) in [6, 6.07) is 9.35. The van der Waals surface area contributed by atoms with Gasteiger partial charge in [-0.15, -0.1) is 0 Å². The van der Waals surface area contributed by atoms with Crippen LogP contribution in [0.2, 0.25) is 0 Å². The molecule has 0 bridgehead atoms. The van der Waals surface area contributed by atoms with Gasteiger partial charge in [0.1, 0.15) is 0 Å². The lowest BCUT2D eigenvalue weighted by Crippen LogP contribution is -2.25. The first-order valence-corrected chi connectivity index (χ1v) is 12.7. The number of unbranched alkanes of at least 4 members (excludes halogenated alkanes) is 8. The van der Waals surface area contributed by atoms with Gasteiger partial charge in [0.05, 0.1) is 0 Å². The molecule has 0 heteroatoms. The second-order valence-electron chi connectivity index (χ2n) is 9.19. The van der Waals surface area contributed by atoms with E-state index in [4.69, 9.17) is 0 Å². The first-order chi connectivity index (χ1) is 14.3. The van der Waals surface area contributed by atoms with Gasteiger partial charge in [-0.05, 0) is 49.7 Å². The monoisotopic (exact) mass is 394 g/mol. The summed E-state index contributed by atoms with van der Waals surface area (Å²) in [5, 5.41) is 0. The van der Waals surface area contributed by atoms with E-state index in [1.54, 1.807) is 16.7 Å². The third-order valence-corrected chi connectivity index (χ3v) is 6.62. The van der Waals surface area contributed by atoms with Crippen molar-refractivity contribution in [3.63, 3.8) is 0 Å². The molecule has 2 rings (SSSR count). The molecule has 1 atom stereocenters. The number of allylic oxidation sites excluding steroid dienone is 4. The molecule has 0 aromatic heterocycles. The van der Waals surface area contributed by atoms with Gasteiger partial charge < -0.3 is 0 Å². The quantitative estimate of drug-likeness (QED) is 0.205. The fraction of sp³-hybridized carbons (Fsp3) is 0.655. The van der Waals surface area contributed by atoms with Crippen LogP contribution >= 0.6 is 0 Å². The average molecular weight is 395 g/mol. The third-order valence-electron chi connectivity index (χ3n) is 6.62. The van der Waals surface area contributed by atoms with Crippen molar-refractivity contribution in [1.29, 1.82) is 0 Å². The lowest BCUT2D eigenvalue weighted by atomic mass is 9.70. The van der Waals surface area contributed by atoms with Crippen LogP contribution in [-0.2, 0) is 11.8 Å². The van der Waals surface area contributed by atoms with Crippen LogP contribution in [0.15, 0.2) is 48.1 Å². The maximum Gasteiger partial charge on any atom is 0.0317 e. The molecule has 29 heavy (non-hydrogen) atoms. The first-order valence-electron chi connectivity index (χ1n) is 12.7. The smallest absolute Gasteiger partial charge is 0.0317 e. The summed E-state index contributed by atoms with van der Waals surface area (Å²) >= 11 is 0. The fourth-order valence-electron chi connectivity index (χ4n) is 4.90. The molecule has 0 saturated carbocycles. The molecule has 0 heterocycles. The Morgan fingerprint density at radius 1 is 0.724 bits per heavy atom. The lowest BCUT2D eigenvalue weighted by molar-refractivity contribution is 0.518. The van der Waals surface area contributed by atoms with Gasteiger partial charge in [0.15, 0.2) is 0 Å². The maximum absolute atomic E-state index is 2.70. The van der Waals surface area contributed by atoms with Gasteiger partial charge in [0.25, 0.3) is 0 Å². The summed E-state index contributed by atoms with van der Waals surface area (Å²) in [7, 11) is 0. The summed E-state index contributed by atoms with van der Waals surface area (Å²) < 4.78 is 0. The van der Waals surface area contributed by atoms with Gasteiger partial charge in [-0.1, -0.05) is 127 Å². The topological polar surface area (TPSA) is 0 Å². The zero-order valence-corrected chi connectivity index (χ0v) is 19.6. The van der Waals surface area contributed by atoms with E-state index < -0.39 is 0 Å². The van der Waals surface area contributed by atoms with Crippen molar-refractivity contribution in [1.82, 2.24) is 0 Å². The van der Waals surface area contributed by atoms with Crippen molar-refractivity contribution in [2.75, 3.05) is 0 Å². The summed E-state index contributed by atoms with van der Waals surface area (Å²) in [4.78, 5) is 0. The summed E-state index contributed by atoms with van der Waals surface area (Å²) in [6.07, 6.45) is 27.5. The molecule has 0 radical (unpaired) electrons. The zero-order chi connectivity index (χ0) is 20.8. The maximum atomic E-state index is 2.70. The van der Waals surface area contributed by atoms with E-state index >= 15 is 0 Å². The molecule has 1 aliphatic rings. The molecule has 0 amide bonds. The van der Waals surface area contributed by atoms with E-state index in [2.05, 4.69) is 63.3 Å². The van der Waals surface area contributed by atoms with Gasteiger partial charge in [0, 0.05) is 5.41 Å². The van der Waals surface area contributed by atoms with Crippen molar-refractivity contribution in [2.45, 2.75) is 122 Å². The van der Waals surface area contributed by atoms with Crippen LogP contribution in [0.4, 0.5) is 0 Å². The molecule has 1 aromatic carbocycles. The van der Waals surface area contributed by atoms with Crippen molar-refractivity contribution < 1.29 is 0 Å². The van der Waals surface area contributed by atoms with Crippen LogP contribution in [-0.4, -0.2) is 0 Å². The Bertz CT molecular complexity index is 621. The average Bonchev–Trinajstić information content (AvgIpc) is 2.75. The third kappa shape index (κ3) is 7.80. The normalized spacial score (nSPS) is 18.8. The standard InChI is InChI=1S/C29H46/c1-4-7-10-13-18-26-19-17-24-29(25-26,23-16-11-8-5-2)28-22-15-14-21-27(28)20-12-9-6-3/h14-15,17,21-22,24-25H,4-13,16,18-20,23H2,1-3H3. The number of hydrogen-bond donors (Lipinski definition) is 0. The van der Waals surface area contributed by atoms with Crippen LogP contribution in [0.1, 0.15) is 122 Å². The minimum atomic E-state index is 0.134. The molecule has 0 N–H and O–H groups in total. The second-order valence-corrected chi connectivity index (χ2v) is 9.19. The van der Waals surface area contributed by atoms with Gasteiger partial charge in [-0.25, -0.2) is 0 Å². The van der Waals surface area contributed by atoms with E-state index in [1.165, 1.54) is 96.3 Å². The molecular weight excluding hydrogens is 348 g/mol. The van der Waals surface area contributed by atoms with Crippen molar-refractivity contribution in [3.05, 3.63) is 59.2 Å². The highest BCUT2D eigenvalue weighted by Crippen LogP contribution is 2.41. The Hall–Kier alpha value is -1.30. The van der Waals surface area contributed by atoms with E-state index in [-0.39, 0.29) is 5.41 Å². The molecule has 0 aliphatic heterocycles. The van der Waals surface area contributed by atoms with Crippen LogP contribution in [0, 0.1) is 0 Å². The SMILES string of the molecule is CCCCCCC1=CC(CCCCCC)(c2ccccc2CCCCC)C=CC1. The van der Waals surface area contributed by atoms with Crippen LogP contribution in [0.25, 0.3) is 0 Å². The molecular formula is C29H46. The zero-order valence-electron chi connectivity index (χ0n) is 19.6. The second kappa shape index (κ2) is 13.8. The van der Waals surface area contributed by atoms with Crippen molar-refractivity contribution in [2.24, 2.45) is 0 Å². The van der Waals surface area contributed by atoms with Gasteiger partial charge in [-0.3, -0.25) is 0 Å². The van der Waals surface area contributed by atoms with Gasteiger partial charge >= 0.3 is 0 Å². The number of rotatable bonds is 15. The first kappa shape index (κ1) is 24.0. The Balaban J connectivity index is 2.25. The number of hydrogen-bond acceptors (Lipinski definition) is 0. The van der Waals surface area contributed by atoms with E-state index in [1.807, 2.05) is 0 Å². The molecule has 162 valence electrons. The predicted molar refractivity (Wildman–Crippen MR) is 131 cm³/mol.